The van der Waals surface area contributed by atoms with E-state index in [0.717, 1.165) is 31.5 Å². The molecular formula is C16H22N2O2. The number of alkyl carbamates (subject to hydrolysis) is 1. The Labute approximate surface area is 120 Å². The number of nitrogens with zero attached hydrogens (tertiary/aromatic N) is 1. The molecule has 0 aliphatic carbocycles. The highest BCUT2D eigenvalue weighted by Gasteiger charge is 2.08. The molecule has 1 heterocycles. The first-order valence-electron chi connectivity index (χ1n) is 7.05. The first-order chi connectivity index (χ1) is 9.74. The van der Waals surface area contributed by atoms with Gasteiger partial charge in [0, 0.05) is 19.6 Å². The van der Waals surface area contributed by atoms with Gasteiger partial charge in [0.1, 0.15) is 6.61 Å². The lowest BCUT2D eigenvalue weighted by atomic mass is 10.1. The Morgan fingerprint density at radius 1 is 1.35 bits per heavy atom. The molecule has 0 fully saturated rings. The van der Waals surface area contributed by atoms with Crippen LogP contribution < -0.4 is 5.32 Å². The third kappa shape index (κ3) is 5.05. The average molecular weight is 274 g/mol. The highest BCUT2D eigenvalue weighted by Crippen LogP contribution is 2.12. The van der Waals surface area contributed by atoms with Crippen LogP contribution in [0.25, 0.3) is 0 Å². The summed E-state index contributed by atoms with van der Waals surface area (Å²) in [5.74, 6) is 0. The highest BCUT2D eigenvalue weighted by molar-refractivity contribution is 5.67. The van der Waals surface area contributed by atoms with Gasteiger partial charge >= 0.3 is 6.09 Å². The van der Waals surface area contributed by atoms with Crippen LogP contribution >= 0.6 is 0 Å². The molecule has 108 valence electrons. The number of nitrogens with one attached hydrogen (secondary N) is 1. The van der Waals surface area contributed by atoms with Gasteiger partial charge in [-0.25, -0.2) is 4.79 Å². The topological polar surface area (TPSA) is 41.6 Å². The maximum absolute atomic E-state index is 11.5. The minimum atomic E-state index is -0.345. The molecule has 4 nitrogen and oxygen atoms in total. The Balaban J connectivity index is 1.61. The van der Waals surface area contributed by atoms with Gasteiger partial charge in [0.15, 0.2) is 0 Å². The molecule has 1 amide bonds. The zero-order valence-corrected chi connectivity index (χ0v) is 12.0. The van der Waals surface area contributed by atoms with Crippen LogP contribution in [0.5, 0.6) is 0 Å². The third-order valence-corrected chi connectivity index (χ3v) is 3.43. The van der Waals surface area contributed by atoms with Gasteiger partial charge in [-0.2, -0.15) is 0 Å². The van der Waals surface area contributed by atoms with E-state index < -0.39 is 0 Å². The Morgan fingerprint density at radius 2 is 2.15 bits per heavy atom. The summed E-state index contributed by atoms with van der Waals surface area (Å²) < 4.78 is 5.16. The second-order valence-electron chi connectivity index (χ2n) is 5.11. The third-order valence-electron chi connectivity index (χ3n) is 3.43. The van der Waals surface area contributed by atoms with E-state index in [2.05, 4.69) is 23.3 Å². The average Bonchev–Trinajstić information content (AvgIpc) is 2.48. The van der Waals surface area contributed by atoms with Crippen molar-refractivity contribution in [3.05, 3.63) is 47.5 Å². The second-order valence-corrected chi connectivity index (χ2v) is 5.11. The Kier molecular flexibility index (Phi) is 5.62. The summed E-state index contributed by atoms with van der Waals surface area (Å²) in [6.07, 6.45) is 3.91. The Bertz CT molecular complexity index is 457. The van der Waals surface area contributed by atoms with Crippen LogP contribution in [0.2, 0.25) is 0 Å². The molecule has 1 aliphatic heterocycles. The van der Waals surface area contributed by atoms with Crippen LogP contribution in [-0.2, 0) is 11.3 Å². The van der Waals surface area contributed by atoms with Crippen molar-refractivity contribution in [3.63, 3.8) is 0 Å². The second kappa shape index (κ2) is 7.70. The van der Waals surface area contributed by atoms with E-state index in [0.29, 0.717) is 13.2 Å². The van der Waals surface area contributed by atoms with Crippen molar-refractivity contribution in [1.82, 2.24) is 10.2 Å². The monoisotopic (exact) mass is 274 g/mol. The van der Waals surface area contributed by atoms with Crippen molar-refractivity contribution in [2.75, 3.05) is 26.7 Å². The number of rotatable bonds is 5. The van der Waals surface area contributed by atoms with Crippen LogP contribution in [0.3, 0.4) is 0 Å². The summed E-state index contributed by atoms with van der Waals surface area (Å²) in [5.41, 5.74) is 2.42. The minimum absolute atomic E-state index is 0.320. The molecule has 1 aromatic carbocycles. The van der Waals surface area contributed by atoms with E-state index in [9.17, 15) is 4.79 Å². The van der Waals surface area contributed by atoms with Gasteiger partial charge in [-0.15, -0.1) is 0 Å². The lowest BCUT2D eigenvalue weighted by Gasteiger charge is -2.21. The van der Waals surface area contributed by atoms with Gasteiger partial charge in [0.05, 0.1) is 0 Å². The van der Waals surface area contributed by atoms with Gasteiger partial charge in [0.2, 0.25) is 0 Å². The van der Waals surface area contributed by atoms with Gasteiger partial charge in [-0.05, 0) is 25.5 Å². The van der Waals surface area contributed by atoms with Crippen molar-refractivity contribution in [2.45, 2.75) is 19.4 Å². The molecule has 1 aromatic rings. The Hall–Kier alpha value is -1.81. The molecule has 2 rings (SSSR count). The molecule has 0 saturated heterocycles. The molecule has 0 unspecified atom stereocenters. The number of benzene rings is 1. The first kappa shape index (κ1) is 14.6. The zero-order valence-electron chi connectivity index (χ0n) is 12.0. The van der Waals surface area contributed by atoms with Crippen molar-refractivity contribution in [2.24, 2.45) is 0 Å². The van der Waals surface area contributed by atoms with Crippen molar-refractivity contribution in [1.29, 1.82) is 0 Å². The van der Waals surface area contributed by atoms with Crippen LogP contribution in [0.1, 0.15) is 18.4 Å². The van der Waals surface area contributed by atoms with E-state index in [1.807, 2.05) is 30.3 Å². The summed E-state index contributed by atoms with van der Waals surface area (Å²) in [6.45, 7) is 3.07. The lowest BCUT2D eigenvalue weighted by molar-refractivity contribution is 0.139. The van der Waals surface area contributed by atoms with E-state index in [-0.39, 0.29) is 6.09 Å². The summed E-state index contributed by atoms with van der Waals surface area (Å²) in [6, 6.07) is 9.69. The number of ether oxygens (including phenoxy) is 1. The van der Waals surface area contributed by atoms with E-state index in [1.54, 1.807) is 0 Å². The molecule has 0 aromatic heterocycles. The zero-order chi connectivity index (χ0) is 14.2. The fourth-order valence-corrected chi connectivity index (χ4v) is 2.14. The number of hydrogen-bond acceptors (Lipinski definition) is 3. The quantitative estimate of drug-likeness (QED) is 0.839. The molecule has 4 heteroatoms. The number of likely N-dealkylation sites (N-methyl/N-ethyl adjacent to an activating group) is 1. The van der Waals surface area contributed by atoms with E-state index in [4.69, 9.17) is 4.74 Å². The molecule has 0 atom stereocenters. The van der Waals surface area contributed by atoms with Crippen LogP contribution in [0.15, 0.2) is 42.0 Å². The van der Waals surface area contributed by atoms with Gasteiger partial charge in [0.25, 0.3) is 0 Å². The molecule has 0 radical (unpaired) electrons. The molecule has 0 saturated carbocycles. The molecule has 1 N–H and O–H groups in total. The predicted molar refractivity (Wildman–Crippen MR) is 79.4 cm³/mol. The van der Waals surface area contributed by atoms with E-state index in [1.165, 1.54) is 5.57 Å². The number of amides is 1. The van der Waals surface area contributed by atoms with Gasteiger partial charge in [-0.3, -0.25) is 0 Å². The molecule has 0 spiro atoms. The maximum atomic E-state index is 11.5. The summed E-state index contributed by atoms with van der Waals surface area (Å²) >= 11 is 0. The number of carbonyl (C=O) groups excluding carboxylic acids is 1. The summed E-state index contributed by atoms with van der Waals surface area (Å²) in [4.78, 5) is 13.8. The SMILES string of the molecule is CN1CC=C(CCNC(=O)OCc2ccccc2)CC1. The predicted octanol–water partition coefficient (Wildman–Crippen LogP) is 2.56. The minimum Gasteiger partial charge on any atom is -0.445 e. The summed E-state index contributed by atoms with van der Waals surface area (Å²) in [7, 11) is 2.12. The number of hydrogen-bond donors (Lipinski definition) is 1. The van der Waals surface area contributed by atoms with Crippen LogP contribution in [0.4, 0.5) is 4.79 Å². The number of carbonyl (C=O) groups is 1. The lowest BCUT2D eigenvalue weighted by Crippen LogP contribution is -2.28. The van der Waals surface area contributed by atoms with Gasteiger partial charge in [-0.1, -0.05) is 42.0 Å². The standard InChI is InChI=1S/C16H22N2O2/c1-18-11-8-14(9-12-18)7-10-17-16(19)20-13-15-5-3-2-4-6-15/h2-6,8H,7,9-13H2,1H3,(H,17,19). The Morgan fingerprint density at radius 3 is 2.85 bits per heavy atom. The van der Waals surface area contributed by atoms with Crippen molar-refractivity contribution < 1.29 is 9.53 Å². The largest absolute Gasteiger partial charge is 0.445 e. The smallest absolute Gasteiger partial charge is 0.407 e. The summed E-state index contributed by atoms with van der Waals surface area (Å²) in [5, 5.41) is 2.80. The van der Waals surface area contributed by atoms with Crippen molar-refractivity contribution >= 4 is 6.09 Å². The molecular weight excluding hydrogens is 252 g/mol. The van der Waals surface area contributed by atoms with E-state index >= 15 is 0 Å². The normalized spacial score (nSPS) is 15.6. The fourth-order valence-electron chi connectivity index (χ4n) is 2.14. The molecule has 20 heavy (non-hydrogen) atoms. The first-order valence-corrected chi connectivity index (χ1v) is 7.05. The van der Waals surface area contributed by atoms with Crippen molar-refractivity contribution in [3.8, 4) is 0 Å². The molecule has 1 aliphatic rings. The van der Waals surface area contributed by atoms with Gasteiger partial charge < -0.3 is 15.0 Å². The van der Waals surface area contributed by atoms with Crippen LogP contribution in [0, 0.1) is 0 Å². The fraction of sp³-hybridized carbons (Fsp3) is 0.438. The van der Waals surface area contributed by atoms with Crippen LogP contribution in [-0.4, -0.2) is 37.7 Å². The molecule has 0 bridgehead atoms. The highest BCUT2D eigenvalue weighted by atomic mass is 16.5. The maximum Gasteiger partial charge on any atom is 0.407 e.